The van der Waals surface area contributed by atoms with Crippen LogP contribution >= 0.6 is 0 Å². The summed E-state index contributed by atoms with van der Waals surface area (Å²) in [7, 11) is 0. The fraction of sp³-hybridized carbons (Fsp3) is 0.300. The van der Waals surface area contributed by atoms with Crippen LogP contribution in [0.5, 0.6) is 0 Å². The molecule has 0 amide bonds. The lowest BCUT2D eigenvalue weighted by molar-refractivity contribution is 0.281. The van der Waals surface area contributed by atoms with Gasteiger partial charge < -0.3 is 20.2 Å². The fourth-order valence-electron chi connectivity index (χ4n) is 4.80. The van der Waals surface area contributed by atoms with Crippen LogP contribution in [-0.2, 0) is 6.54 Å². The van der Waals surface area contributed by atoms with E-state index in [1.807, 2.05) is 4.57 Å². The lowest BCUT2D eigenvalue weighted by Gasteiger charge is -2.43. The number of hydrogen-bond acceptors (Lipinski definition) is 8. The Kier molecular flexibility index (Phi) is 3.61. The van der Waals surface area contributed by atoms with E-state index in [1.165, 1.54) is 6.33 Å². The minimum atomic E-state index is 0.000767. The van der Waals surface area contributed by atoms with Crippen LogP contribution in [0.1, 0.15) is 18.0 Å². The highest BCUT2D eigenvalue weighted by atomic mass is 16.1. The molecular formula is C20H19N9O. The zero-order chi connectivity index (χ0) is 20.2. The van der Waals surface area contributed by atoms with Gasteiger partial charge in [0, 0.05) is 48.9 Å². The van der Waals surface area contributed by atoms with E-state index in [-0.39, 0.29) is 11.5 Å². The molecular weight excluding hydrogens is 382 g/mol. The lowest BCUT2D eigenvalue weighted by atomic mass is 9.82. The zero-order valence-corrected chi connectivity index (χ0v) is 16.1. The number of imidazole rings is 1. The van der Waals surface area contributed by atoms with Crippen molar-refractivity contribution in [2.45, 2.75) is 18.9 Å². The predicted octanol–water partition coefficient (Wildman–Crippen LogP) is 1.18. The normalized spacial score (nSPS) is 20.3. The largest absolute Gasteiger partial charge is 0.384 e. The molecule has 1 saturated heterocycles. The molecule has 4 aromatic heterocycles. The topological polar surface area (TPSA) is 132 Å². The zero-order valence-electron chi connectivity index (χ0n) is 16.1. The molecule has 0 saturated carbocycles. The van der Waals surface area contributed by atoms with Crippen molar-refractivity contribution in [3.8, 4) is 11.3 Å². The SMILES string of the molecule is Nc1cc(-c2cc3n(c(=O)c2)C[C@H]2C[C@@H]3CN(c3ncnc4nc[nH]c34)C2)ncn1. The average Bonchev–Trinajstić information content (AvgIpc) is 3.23. The van der Waals surface area contributed by atoms with Crippen molar-refractivity contribution < 1.29 is 0 Å². The van der Waals surface area contributed by atoms with Gasteiger partial charge in [-0.05, 0) is 18.4 Å². The smallest absolute Gasteiger partial charge is 0.251 e. The van der Waals surface area contributed by atoms with Gasteiger partial charge >= 0.3 is 0 Å². The fourth-order valence-corrected chi connectivity index (χ4v) is 4.80. The molecule has 0 radical (unpaired) electrons. The third kappa shape index (κ3) is 2.64. The second-order valence-corrected chi connectivity index (χ2v) is 7.95. The molecule has 6 heterocycles. The number of hydrogen-bond donors (Lipinski definition) is 2. The van der Waals surface area contributed by atoms with Crippen LogP contribution in [-0.4, -0.2) is 47.6 Å². The van der Waals surface area contributed by atoms with Gasteiger partial charge in [0.05, 0.1) is 12.0 Å². The van der Waals surface area contributed by atoms with Gasteiger partial charge in [-0.2, -0.15) is 0 Å². The molecule has 2 bridgehead atoms. The predicted molar refractivity (Wildman–Crippen MR) is 111 cm³/mol. The quantitative estimate of drug-likeness (QED) is 0.512. The Bertz CT molecular complexity index is 1330. The third-order valence-corrected chi connectivity index (χ3v) is 6.04. The highest BCUT2D eigenvalue weighted by Crippen LogP contribution is 2.38. The number of pyridine rings is 1. The van der Waals surface area contributed by atoms with Crippen molar-refractivity contribution in [1.29, 1.82) is 0 Å². The number of aromatic nitrogens is 7. The molecule has 0 spiro atoms. The van der Waals surface area contributed by atoms with E-state index in [9.17, 15) is 4.79 Å². The summed E-state index contributed by atoms with van der Waals surface area (Å²) in [5.41, 5.74) is 9.79. The Hall–Kier alpha value is -3.82. The van der Waals surface area contributed by atoms with E-state index in [0.29, 0.717) is 29.6 Å². The van der Waals surface area contributed by atoms with Gasteiger partial charge in [0.25, 0.3) is 5.56 Å². The molecule has 30 heavy (non-hydrogen) atoms. The van der Waals surface area contributed by atoms with Crippen LogP contribution in [0.2, 0.25) is 0 Å². The third-order valence-electron chi connectivity index (χ3n) is 6.04. The molecule has 3 N–H and O–H groups in total. The van der Waals surface area contributed by atoms with Crippen LogP contribution < -0.4 is 16.2 Å². The second kappa shape index (κ2) is 6.34. The number of anilines is 2. The number of nitrogens with one attached hydrogen (secondary N) is 1. The van der Waals surface area contributed by atoms with Gasteiger partial charge in [-0.15, -0.1) is 0 Å². The van der Waals surface area contributed by atoms with Crippen molar-refractivity contribution in [1.82, 2.24) is 34.5 Å². The number of nitrogens with zero attached hydrogens (tertiary/aromatic N) is 7. The van der Waals surface area contributed by atoms with Crippen LogP contribution in [0.3, 0.4) is 0 Å². The Balaban J connectivity index is 1.41. The monoisotopic (exact) mass is 401 g/mol. The number of rotatable bonds is 2. The first kappa shape index (κ1) is 17.1. The molecule has 2 aliphatic heterocycles. The van der Waals surface area contributed by atoms with Gasteiger partial charge in [-0.3, -0.25) is 4.79 Å². The Labute approximate surface area is 170 Å². The van der Waals surface area contributed by atoms with E-state index < -0.39 is 0 Å². The number of H-pyrrole nitrogens is 1. The molecule has 1 fully saturated rings. The van der Waals surface area contributed by atoms with Gasteiger partial charge in [-0.1, -0.05) is 0 Å². The molecule has 10 heteroatoms. The van der Waals surface area contributed by atoms with E-state index in [0.717, 1.165) is 42.1 Å². The summed E-state index contributed by atoms with van der Waals surface area (Å²) in [6.45, 7) is 2.32. The number of nitrogens with two attached hydrogens (primary N) is 1. The van der Waals surface area contributed by atoms with Gasteiger partial charge in [0.2, 0.25) is 0 Å². The Morgan fingerprint density at radius 2 is 1.90 bits per heavy atom. The average molecular weight is 401 g/mol. The molecule has 10 nitrogen and oxygen atoms in total. The van der Waals surface area contributed by atoms with Crippen molar-refractivity contribution in [3.05, 3.63) is 53.2 Å². The van der Waals surface area contributed by atoms with Crippen molar-refractivity contribution in [2.75, 3.05) is 23.7 Å². The number of aromatic amines is 1. The summed E-state index contributed by atoms with van der Waals surface area (Å²) in [6.07, 6.45) is 5.66. The molecule has 0 aliphatic carbocycles. The molecule has 0 aromatic carbocycles. The van der Waals surface area contributed by atoms with Crippen molar-refractivity contribution >= 4 is 22.8 Å². The van der Waals surface area contributed by atoms with E-state index in [4.69, 9.17) is 5.73 Å². The molecule has 2 aliphatic rings. The standard InChI is InChI=1S/C20H19N9O/c21-16-4-14(22-8-23-16)12-2-15-13-1-11(6-29(15)17(30)3-12)5-28(7-13)20-18-19(25-9-24-18)26-10-27-20/h2-4,8-11,13H,1,5-7H2,(H2,21,22,23)(H,24,25,26,27)/t11-,13+/m0/s1. The maximum atomic E-state index is 12.9. The maximum absolute atomic E-state index is 12.9. The Morgan fingerprint density at radius 3 is 2.80 bits per heavy atom. The minimum absolute atomic E-state index is 0.000767. The lowest BCUT2D eigenvalue weighted by Crippen LogP contribution is -2.47. The molecule has 4 aromatic rings. The van der Waals surface area contributed by atoms with Crippen LogP contribution in [0.4, 0.5) is 11.6 Å². The van der Waals surface area contributed by atoms with E-state index in [2.05, 4.69) is 40.9 Å². The summed E-state index contributed by atoms with van der Waals surface area (Å²) >= 11 is 0. The summed E-state index contributed by atoms with van der Waals surface area (Å²) in [4.78, 5) is 39.6. The Morgan fingerprint density at radius 1 is 1.00 bits per heavy atom. The summed E-state index contributed by atoms with van der Waals surface area (Å²) < 4.78 is 1.91. The van der Waals surface area contributed by atoms with Gasteiger partial charge in [-0.25, -0.2) is 24.9 Å². The number of piperidine rings is 1. The highest BCUT2D eigenvalue weighted by molar-refractivity contribution is 5.82. The first-order valence-electron chi connectivity index (χ1n) is 9.87. The second-order valence-electron chi connectivity index (χ2n) is 7.95. The number of fused-ring (bicyclic) bond motifs is 5. The molecule has 2 atom stereocenters. The van der Waals surface area contributed by atoms with Crippen molar-refractivity contribution in [2.24, 2.45) is 5.92 Å². The van der Waals surface area contributed by atoms with E-state index in [1.54, 1.807) is 24.8 Å². The maximum Gasteiger partial charge on any atom is 0.251 e. The summed E-state index contributed by atoms with van der Waals surface area (Å²) in [5, 5.41) is 0. The number of nitrogen functional groups attached to an aromatic ring is 1. The molecule has 0 unspecified atom stereocenters. The summed E-state index contributed by atoms with van der Waals surface area (Å²) in [6, 6.07) is 5.41. The molecule has 150 valence electrons. The first-order valence-corrected chi connectivity index (χ1v) is 9.87. The highest BCUT2D eigenvalue weighted by Gasteiger charge is 2.36. The summed E-state index contributed by atoms with van der Waals surface area (Å²) in [5.74, 6) is 1.84. The van der Waals surface area contributed by atoms with E-state index >= 15 is 0 Å². The van der Waals surface area contributed by atoms with Gasteiger partial charge in [0.1, 0.15) is 24.0 Å². The van der Waals surface area contributed by atoms with Gasteiger partial charge in [0.15, 0.2) is 11.5 Å². The van der Waals surface area contributed by atoms with Crippen LogP contribution in [0.15, 0.2) is 42.0 Å². The molecule has 6 rings (SSSR count). The van der Waals surface area contributed by atoms with Crippen LogP contribution in [0, 0.1) is 5.92 Å². The van der Waals surface area contributed by atoms with Crippen molar-refractivity contribution in [3.63, 3.8) is 0 Å². The minimum Gasteiger partial charge on any atom is -0.384 e. The van der Waals surface area contributed by atoms with Crippen LogP contribution in [0.25, 0.3) is 22.4 Å². The first-order chi connectivity index (χ1) is 14.7.